The molecule has 0 saturated heterocycles. The van der Waals surface area contributed by atoms with Gasteiger partial charge in [0.05, 0.1) is 0 Å². The first kappa shape index (κ1) is 16.6. The molecule has 0 aromatic carbocycles. The van der Waals surface area contributed by atoms with Gasteiger partial charge in [0, 0.05) is 20.4 Å². The van der Waals surface area contributed by atoms with E-state index in [2.05, 4.69) is 13.4 Å². The van der Waals surface area contributed by atoms with Crippen molar-refractivity contribution < 1.29 is 25.2 Å². The molecule has 0 saturated carbocycles. The van der Waals surface area contributed by atoms with Gasteiger partial charge in [0.25, 0.3) is 0 Å². The predicted octanol–water partition coefficient (Wildman–Crippen LogP) is 0.916. The van der Waals surface area contributed by atoms with Gasteiger partial charge in [0.2, 0.25) is 0 Å². The molecule has 0 bridgehead atoms. The predicted molar refractivity (Wildman–Crippen MR) is 22.6 cm³/mol. The van der Waals surface area contributed by atoms with E-state index in [1.54, 1.807) is 6.08 Å². The van der Waals surface area contributed by atoms with E-state index in [1.165, 1.54) is 0 Å². The van der Waals surface area contributed by atoms with E-state index < -0.39 is 0 Å². The Morgan fingerprint density at radius 2 is 1.67 bits per heavy atom. The maximum Gasteiger partial charge on any atom is 0 e. The summed E-state index contributed by atoms with van der Waals surface area (Å²) >= 11 is 0. The fraction of sp³-hybridized carbons (Fsp3) is 0.250. The third-order valence-electron chi connectivity index (χ3n) is 0. The fourth-order valence-corrected chi connectivity index (χ4v) is 0. The molecule has 2 heteroatoms. The third kappa shape index (κ3) is 7350. The summed E-state index contributed by atoms with van der Waals surface area (Å²) in [6, 6.07) is 0. The maximum atomic E-state index is 7.75. The molecule has 0 N–H and O–H groups in total. The number of rotatable bonds is 0. The van der Waals surface area contributed by atoms with Crippen LogP contribution in [0.25, 0.3) is 0 Å². The van der Waals surface area contributed by atoms with Crippen LogP contribution in [0.5, 0.6) is 0 Å². The Bertz CT molecular complexity index is 21.5. The monoisotopic (exact) mass is 177 g/mol. The molecule has 0 spiro atoms. The van der Waals surface area contributed by atoms with Crippen molar-refractivity contribution in [3.05, 3.63) is 12.7 Å². The summed E-state index contributed by atoms with van der Waals surface area (Å²) in [6.07, 6.45) is 1.75. The molecule has 0 aliphatic carbocycles. The molecule has 0 aromatic heterocycles. The zero-order valence-corrected chi connectivity index (χ0v) is 5.14. The van der Waals surface area contributed by atoms with E-state index >= 15 is 0 Å². The van der Waals surface area contributed by atoms with Gasteiger partial charge in [-0.1, -0.05) is 6.08 Å². The van der Waals surface area contributed by atoms with Gasteiger partial charge in [-0.25, -0.2) is 0 Å². The van der Waals surface area contributed by atoms with Gasteiger partial charge in [-0.15, -0.1) is 6.58 Å². The van der Waals surface area contributed by atoms with E-state index in [0.717, 1.165) is 0 Å². The Kier molecular flexibility index (Phi) is 202. The minimum Gasteiger partial charge on any atom is -0.545 e. The van der Waals surface area contributed by atoms with Crippen LogP contribution in [-0.4, -0.2) is 6.79 Å². The van der Waals surface area contributed by atoms with Gasteiger partial charge >= 0.3 is 0 Å². The summed E-state index contributed by atoms with van der Waals surface area (Å²) < 4.78 is 0. The molecule has 0 heterocycles. The molecular weight excluding hydrogens is 170 g/mol. The average molecular weight is 178 g/mol. The Labute approximate surface area is 52.1 Å². The summed E-state index contributed by atoms with van der Waals surface area (Å²) in [5.41, 5.74) is 0. The SMILES string of the molecule is C=CC.[CH-]=O.[Pd]. The summed E-state index contributed by atoms with van der Waals surface area (Å²) in [5.74, 6) is 0. The summed E-state index contributed by atoms with van der Waals surface area (Å²) in [4.78, 5) is 7.75. The standard InChI is InChI=1S/C3H6.CHO.Pd/c1-3-2;1-2;/h3H,1H2,2H3;1H;/q;-1;. The fourth-order valence-electron chi connectivity index (χ4n) is 0. The number of carbonyl (C=O) groups excluding carboxylic acids is 1. The average Bonchev–Trinajstić information content (AvgIpc) is 1.46. The van der Waals surface area contributed by atoms with Gasteiger partial charge in [-0.05, 0) is 6.92 Å². The molecule has 0 aliphatic heterocycles. The van der Waals surface area contributed by atoms with Gasteiger partial charge < -0.3 is 4.79 Å². The first-order valence-corrected chi connectivity index (χ1v) is 1.22. The van der Waals surface area contributed by atoms with Crippen LogP contribution in [-0.2, 0) is 25.2 Å². The Morgan fingerprint density at radius 1 is 1.67 bits per heavy atom. The number of hydrogen-bond acceptors (Lipinski definition) is 1. The van der Waals surface area contributed by atoms with Crippen molar-refractivity contribution in [3.63, 3.8) is 0 Å². The molecule has 0 aliphatic rings. The van der Waals surface area contributed by atoms with Crippen molar-refractivity contribution >= 4 is 6.79 Å². The normalized spacial score (nSPS) is 2.83. The van der Waals surface area contributed by atoms with Crippen LogP contribution >= 0.6 is 0 Å². The minimum atomic E-state index is 0. The van der Waals surface area contributed by atoms with Crippen molar-refractivity contribution in [1.29, 1.82) is 0 Å². The first-order valence-electron chi connectivity index (χ1n) is 1.22. The van der Waals surface area contributed by atoms with Crippen molar-refractivity contribution in [2.45, 2.75) is 6.92 Å². The molecule has 0 atom stereocenters. The summed E-state index contributed by atoms with van der Waals surface area (Å²) in [5, 5.41) is 0. The van der Waals surface area contributed by atoms with E-state index in [0.29, 0.717) is 0 Å². The first-order chi connectivity index (χ1) is 2.41. The summed E-state index contributed by atoms with van der Waals surface area (Å²) in [7, 11) is 0. The van der Waals surface area contributed by atoms with Crippen LogP contribution in [0.1, 0.15) is 6.92 Å². The minimum absolute atomic E-state index is 0. The second-order valence-electron chi connectivity index (χ2n) is 0.408. The molecule has 0 amide bonds. The van der Waals surface area contributed by atoms with Crippen LogP contribution in [0.4, 0.5) is 0 Å². The molecule has 6 heavy (non-hydrogen) atoms. The number of hydrogen-bond donors (Lipinski definition) is 0. The zero-order valence-electron chi connectivity index (χ0n) is 3.59. The molecule has 0 fully saturated rings. The molecule has 0 radical (unpaired) electrons. The topological polar surface area (TPSA) is 17.1 Å². The molecule has 0 rings (SSSR count). The van der Waals surface area contributed by atoms with E-state index in [1.807, 2.05) is 6.92 Å². The van der Waals surface area contributed by atoms with Crippen LogP contribution in [0.15, 0.2) is 12.7 Å². The molecule has 0 unspecified atom stereocenters. The van der Waals surface area contributed by atoms with Crippen LogP contribution in [0, 0.1) is 0 Å². The van der Waals surface area contributed by atoms with Crippen molar-refractivity contribution in [2.24, 2.45) is 0 Å². The third-order valence-corrected chi connectivity index (χ3v) is 0. The van der Waals surface area contributed by atoms with Crippen molar-refractivity contribution in [1.82, 2.24) is 0 Å². The van der Waals surface area contributed by atoms with E-state index in [9.17, 15) is 0 Å². The second kappa shape index (κ2) is 73.2. The maximum absolute atomic E-state index is 7.75. The largest absolute Gasteiger partial charge is 0.545 e. The van der Waals surface area contributed by atoms with Crippen LogP contribution < -0.4 is 0 Å². The smallest absolute Gasteiger partial charge is 0 e. The van der Waals surface area contributed by atoms with Gasteiger partial charge in [0.15, 0.2) is 0 Å². The van der Waals surface area contributed by atoms with E-state index in [-0.39, 0.29) is 20.4 Å². The van der Waals surface area contributed by atoms with Crippen LogP contribution in [0.3, 0.4) is 0 Å². The van der Waals surface area contributed by atoms with Crippen molar-refractivity contribution in [2.75, 3.05) is 0 Å². The Morgan fingerprint density at radius 3 is 1.67 bits per heavy atom. The number of allylic oxidation sites excluding steroid dienone is 1. The second-order valence-corrected chi connectivity index (χ2v) is 0.408. The van der Waals surface area contributed by atoms with Gasteiger partial charge in [0.1, 0.15) is 0 Å². The molecular formula is C4H7OPd-. The zero-order chi connectivity index (χ0) is 4.71. The van der Waals surface area contributed by atoms with Crippen molar-refractivity contribution in [3.8, 4) is 0 Å². The molecule has 40 valence electrons. The Balaban J connectivity index is -0.0000000275. The van der Waals surface area contributed by atoms with Crippen LogP contribution in [0.2, 0.25) is 0 Å². The Hall–Kier alpha value is 0.0723. The van der Waals surface area contributed by atoms with E-state index in [4.69, 9.17) is 4.79 Å². The molecule has 1 nitrogen and oxygen atoms in total. The van der Waals surface area contributed by atoms with Gasteiger partial charge in [-0.3, -0.25) is 6.79 Å². The van der Waals surface area contributed by atoms with Gasteiger partial charge in [-0.2, -0.15) is 0 Å². The molecule has 0 aromatic rings. The quantitative estimate of drug-likeness (QED) is 0.233. The summed E-state index contributed by atoms with van der Waals surface area (Å²) in [6.45, 7) is 8.50.